The van der Waals surface area contributed by atoms with Crippen LogP contribution in [0.5, 0.6) is 0 Å². The summed E-state index contributed by atoms with van der Waals surface area (Å²) in [6.45, 7) is 0. The summed E-state index contributed by atoms with van der Waals surface area (Å²) in [4.78, 5) is 0. The molecule has 3 atom stereocenters. The molecule has 3 rings (SSSR count). The lowest BCUT2D eigenvalue weighted by molar-refractivity contribution is 0.596. The van der Waals surface area contributed by atoms with Crippen LogP contribution in [0.25, 0.3) is 0 Å². The topological polar surface area (TPSA) is 0 Å². The van der Waals surface area contributed by atoms with Crippen molar-refractivity contribution in [3.8, 4) is 0 Å². The van der Waals surface area contributed by atoms with Crippen LogP contribution in [-0.2, 0) is 0 Å². The highest BCUT2D eigenvalue weighted by Crippen LogP contribution is 2.76. The van der Waals surface area contributed by atoms with E-state index in [0.29, 0.717) is 0 Å². The van der Waals surface area contributed by atoms with Crippen LogP contribution in [0.15, 0.2) is 24.3 Å². The monoisotopic (exact) mass is 160 g/mol. The van der Waals surface area contributed by atoms with Gasteiger partial charge in [-0.3, -0.25) is 0 Å². The molecule has 1 spiro atoms. The highest BCUT2D eigenvalue weighted by Gasteiger charge is 2.68. The third kappa shape index (κ3) is 0.903. The van der Waals surface area contributed by atoms with Gasteiger partial charge in [0.1, 0.15) is 0 Å². The Balaban J connectivity index is 1.76. The molecule has 0 radical (unpaired) electrons. The van der Waals surface area contributed by atoms with Crippen molar-refractivity contribution in [2.24, 2.45) is 17.3 Å². The van der Waals surface area contributed by atoms with Gasteiger partial charge in [0.25, 0.3) is 0 Å². The van der Waals surface area contributed by atoms with Crippen molar-refractivity contribution < 1.29 is 0 Å². The second-order valence-corrected chi connectivity index (χ2v) is 4.69. The highest BCUT2D eigenvalue weighted by molar-refractivity contribution is 5.25. The first-order chi connectivity index (χ1) is 5.92. The van der Waals surface area contributed by atoms with E-state index in [1.54, 1.807) is 6.42 Å². The predicted molar refractivity (Wildman–Crippen MR) is 50.8 cm³/mol. The zero-order chi connectivity index (χ0) is 8.02. The molecule has 2 fully saturated rings. The summed E-state index contributed by atoms with van der Waals surface area (Å²) < 4.78 is 0. The lowest BCUT2D eigenvalue weighted by atomic mass is 10.1. The minimum absolute atomic E-state index is 0.849. The van der Waals surface area contributed by atoms with Crippen LogP contribution in [0.3, 0.4) is 0 Å². The molecule has 0 N–H and O–H groups in total. The van der Waals surface area contributed by atoms with Gasteiger partial charge in [0.2, 0.25) is 0 Å². The standard InChI is InChI=1S/C12H16/c1-2-4-6-10-8-12(10)9-11(12)7-5-3-1/h1-2,4,6,10-11H,3,5,7-9H2. The SMILES string of the molecule is C1=CCCCC2CC23CC3C=C1. The third-order valence-electron chi connectivity index (χ3n) is 3.97. The smallest absolute Gasteiger partial charge is 0.0165 e. The molecule has 0 aliphatic heterocycles. The lowest BCUT2D eigenvalue weighted by Gasteiger charge is -1.97. The molecule has 3 aliphatic rings. The van der Waals surface area contributed by atoms with E-state index in [2.05, 4.69) is 24.3 Å². The number of hydrogen-bond acceptors (Lipinski definition) is 0. The zero-order valence-corrected chi connectivity index (χ0v) is 7.50. The maximum atomic E-state index is 2.43. The molecule has 0 aromatic carbocycles. The average Bonchev–Trinajstić information content (AvgIpc) is 2.91. The summed E-state index contributed by atoms with van der Waals surface area (Å²) in [5, 5.41) is 0. The fourth-order valence-electron chi connectivity index (χ4n) is 2.96. The lowest BCUT2D eigenvalue weighted by Crippen LogP contribution is -1.85. The summed E-state index contributed by atoms with van der Waals surface area (Å²) in [5.74, 6) is 2.07. The van der Waals surface area contributed by atoms with Gasteiger partial charge in [0, 0.05) is 0 Å². The van der Waals surface area contributed by atoms with Crippen LogP contribution in [0.1, 0.15) is 32.1 Å². The fourth-order valence-corrected chi connectivity index (χ4v) is 2.96. The minimum Gasteiger partial charge on any atom is -0.0845 e. The normalized spacial score (nSPS) is 49.3. The molecule has 0 aromatic heterocycles. The number of rotatable bonds is 0. The molecule has 0 bridgehead atoms. The number of allylic oxidation sites excluding steroid dienone is 4. The molecule has 64 valence electrons. The van der Waals surface area contributed by atoms with E-state index < -0.39 is 0 Å². The molecule has 3 unspecified atom stereocenters. The maximum absolute atomic E-state index is 2.43. The Morgan fingerprint density at radius 1 is 1.17 bits per heavy atom. The van der Waals surface area contributed by atoms with Gasteiger partial charge in [-0.25, -0.2) is 0 Å². The van der Waals surface area contributed by atoms with E-state index in [0.717, 1.165) is 17.3 Å². The Bertz CT molecular complexity index is 249. The average molecular weight is 160 g/mol. The van der Waals surface area contributed by atoms with E-state index in [-0.39, 0.29) is 0 Å². The van der Waals surface area contributed by atoms with Gasteiger partial charge in [0.15, 0.2) is 0 Å². The molecule has 12 heavy (non-hydrogen) atoms. The predicted octanol–water partition coefficient (Wildman–Crippen LogP) is 3.31. The Hall–Kier alpha value is -0.520. The van der Waals surface area contributed by atoms with Crippen LogP contribution in [0.4, 0.5) is 0 Å². The van der Waals surface area contributed by atoms with Gasteiger partial charge in [-0.2, -0.15) is 0 Å². The van der Waals surface area contributed by atoms with Crippen molar-refractivity contribution in [3.05, 3.63) is 24.3 Å². The Kier molecular flexibility index (Phi) is 1.30. The third-order valence-corrected chi connectivity index (χ3v) is 3.97. The summed E-state index contributed by atoms with van der Waals surface area (Å²) in [6, 6.07) is 0. The van der Waals surface area contributed by atoms with Crippen LogP contribution < -0.4 is 0 Å². The van der Waals surface area contributed by atoms with E-state index >= 15 is 0 Å². The molecule has 0 nitrogen and oxygen atoms in total. The van der Waals surface area contributed by atoms with Crippen molar-refractivity contribution in [2.45, 2.75) is 32.1 Å². The second kappa shape index (κ2) is 2.25. The first-order valence-corrected chi connectivity index (χ1v) is 5.25. The molecular weight excluding hydrogens is 144 g/mol. The van der Waals surface area contributed by atoms with Crippen LogP contribution in [0.2, 0.25) is 0 Å². The van der Waals surface area contributed by atoms with Crippen LogP contribution in [0, 0.1) is 17.3 Å². The van der Waals surface area contributed by atoms with Crippen LogP contribution in [-0.4, -0.2) is 0 Å². The molecule has 0 saturated heterocycles. The van der Waals surface area contributed by atoms with Gasteiger partial charge in [-0.1, -0.05) is 24.3 Å². The Morgan fingerprint density at radius 3 is 3.17 bits per heavy atom. The molecule has 3 aliphatic carbocycles. The molecule has 0 heteroatoms. The van der Waals surface area contributed by atoms with Gasteiger partial charge >= 0.3 is 0 Å². The Morgan fingerprint density at radius 2 is 2.17 bits per heavy atom. The Labute approximate surface area is 74.4 Å². The summed E-state index contributed by atoms with van der Waals surface area (Å²) in [6.07, 6.45) is 16.5. The van der Waals surface area contributed by atoms with Crippen molar-refractivity contribution in [2.75, 3.05) is 0 Å². The van der Waals surface area contributed by atoms with Crippen molar-refractivity contribution >= 4 is 0 Å². The summed E-state index contributed by atoms with van der Waals surface area (Å²) in [7, 11) is 0. The summed E-state index contributed by atoms with van der Waals surface area (Å²) >= 11 is 0. The van der Waals surface area contributed by atoms with E-state index in [1.807, 2.05) is 0 Å². The maximum Gasteiger partial charge on any atom is -0.0165 e. The molecule has 0 aromatic rings. The molecule has 0 heterocycles. The largest absolute Gasteiger partial charge is 0.0845 e. The molecular formula is C12H16. The van der Waals surface area contributed by atoms with Crippen molar-refractivity contribution in [1.82, 2.24) is 0 Å². The first-order valence-electron chi connectivity index (χ1n) is 5.25. The van der Waals surface area contributed by atoms with Gasteiger partial charge < -0.3 is 0 Å². The van der Waals surface area contributed by atoms with E-state index in [9.17, 15) is 0 Å². The highest BCUT2D eigenvalue weighted by atomic mass is 14.7. The van der Waals surface area contributed by atoms with Gasteiger partial charge in [0.05, 0.1) is 0 Å². The van der Waals surface area contributed by atoms with Crippen molar-refractivity contribution in [3.63, 3.8) is 0 Å². The molecule has 2 saturated carbocycles. The zero-order valence-electron chi connectivity index (χ0n) is 7.50. The van der Waals surface area contributed by atoms with Crippen molar-refractivity contribution in [1.29, 1.82) is 0 Å². The number of hydrogen-bond donors (Lipinski definition) is 0. The minimum atomic E-state index is 0.849. The van der Waals surface area contributed by atoms with Gasteiger partial charge in [-0.15, -0.1) is 0 Å². The van der Waals surface area contributed by atoms with Gasteiger partial charge in [-0.05, 0) is 49.4 Å². The first kappa shape index (κ1) is 6.94. The van der Waals surface area contributed by atoms with E-state index in [4.69, 9.17) is 0 Å². The quantitative estimate of drug-likeness (QED) is 0.510. The van der Waals surface area contributed by atoms with Crippen LogP contribution >= 0.6 is 0 Å². The fraction of sp³-hybridized carbons (Fsp3) is 0.667. The summed E-state index contributed by atoms with van der Waals surface area (Å²) in [5.41, 5.74) is 0.849. The molecule has 0 amide bonds. The van der Waals surface area contributed by atoms with E-state index in [1.165, 1.54) is 25.7 Å². The second-order valence-electron chi connectivity index (χ2n) is 4.69.